The summed E-state index contributed by atoms with van der Waals surface area (Å²) in [5, 5.41) is 14.2. The molecule has 3 rings (SSSR count). The van der Waals surface area contributed by atoms with Gasteiger partial charge in [-0.05, 0) is 13.0 Å². The lowest BCUT2D eigenvalue weighted by Crippen LogP contribution is -2.38. The van der Waals surface area contributed by atoms with Crippen molar-refractivity contribution in [1.82, 2.24) is 4.98 Å². The summed E-state index contributed by atoms with van der Waals surface area (Å²) in [6, 6.07) is 5.42. The van der Waals surface area contributed by atoms with Crippen molar-refractivity contribution < 1.29 is 9.66 Å². The number of nitrogens with zero attached hydrogens (tertiary/aromatic N) is 3. The van der Waals surface area contributed by atoms with Gasteiger partial charge in [-0.2, -0.15) is 0 Å². The smallest absolute Gasteiger partial charge is 0.295 e. The zero-order valence-corrected chi connectivity index (χ0v) is 12.4. The Bertz CT molecular complexity index is 645. The summed E-state index contributed by atoms with van der Waals surface area (Å²) >= 11 is 1.54. The predicted molar refractivity (Wildman–Crippen MR) is 80.9 cm³/mol. The van der Waals surface area contributed by atoms with Gasteiger partial charge < -0.3 is 9.64 Å². The lowest BCUT2D eigenvalue weighted by atomic mass is 10.1. The number of para-hydroxylation sites is 1. The SMILES string of the molecule is Cc1cccc(N2CCOC(c3nccs3)C2)c1[N+](=O)[O-]. The second kappa shape index (κ2) is 5.79. The molecule has 6 nitrogen and oxygen atoms in total. The Morgan fingerprint density at radius 2 is 2.38 bits per heavy atom. The van der Waals surface area contributed by atoms with E-state index >= 15 is 0 Å². The van der Waals surface area contributed by atoms with Crippen LogP contribution in [0.4, 0.5) is 11.4 Å². The molecule has 0 amide bonds. The lowest BCUT2D eigenvalue weighted by molar-refractivity contribution is -0.384. The number of nitro groups is 1. The molecule has 21 heavy (non-hydrogen) atoms. The number of aryl methyl sites for hydroxylation is 1. The third-order valence-electron chi connectivity index (χ3n) is 3.53. The predicted octanol–water partition coefficient (Wildman–Crippen LogP) is 2.94. The van der Waals surface area contributed by atoms with Crippen molar-refractivity contribution in [2.75, 3.05) is 24.6 Å². The number of rotatable bonds is 3. The van der Waals surface area contributed by atoms with Gasteiger partial charge in [0.25, 0.3) is 5.69 Å². The topological polar surface area (TPSA) is 68.5 Å². The fraction of sp³-hybridized carbons (Fsp3) is 0.357. The second-order valence-corrected chi connectivity index (χ2v) is 5.80. The standard InChI is InChI=1S/C14H15N3O3S/c1-10-3-2-4-11(13(10)17(18)19)16-6-7-20-12(9-16)14-15-5-8-21-14/h2-5,8,12H,6-7,9H2,1H3. The summed E-state index contributed by atoms with van der Waals surface area (Å²) in [5.41, 5.74) is 1.51. The minimum absolute atomic E-state index is 0.126. The van der Waals surface area contributed by atoms with E-state index < -0.39 is 0 Å². The molecule has 0 radical (unpaired) electrons. The highest BCUT2D eigenvalue weighted by Crippen LogP contribution is 2.34. The first kappa shape index (κ1) is 14.0. The first-order valence-electron chi connectivity index (χ1n) is 6.67. The van der Waals surface area contributed by atoms with Gasteiger partial charge in [-0.3, -0.25) is 10.1 Å². The average Bonchev–Trinajstić information content (AvgIpc) is 3.01. The van der Waals surface area contributed by atoms with Crippen LogP contribution in [-0.4, -0.2) is 29.6 Å². The van der Waals surface area contributed by atoms with E-state index in [0.717, 1.165) is 5.01 Å². The number of aromatic nitrogens is 1. The Hall–Kier alpha value is -1.99. The fourth-order valence-electron chi connectivity index (χ4n) is 2.55. The Kier molecular flexibility index (Phi) is 3.85. The number of nitro benzene ring substituents is 1. The van der Waals surface area contributed by atoms with E-state index in [4.69, 9.17) is 4.74 Å². The van der Waals surface area contributed by atoms with Crippen molar-refractivity contribution in [1.29, 1.82) is 0 Å². The van der Waals surface area contributed by atoms with E-state index in [9.17, 15) is 10.1 Å². The molecule has 1 aliphatic heterocycles. The molecule has 1 atom stereocenters. The fourth-order valence-corrected chi connectivity index (χ4v) is 3.22. The van der Waals surface area contributed by atoms with Crippen molar-refractivity contribution in [3.63, 3.8) is 0 Å². The molecule has 1 aliphatic rings. The number of thiazole rings is 1. The van der Waals surface area contributed by atoms with Gasteiger partial charge in [0, 0.05) is 23.7 Å². The molecular formula is C14H15N3O3S. The molecule has 1 fully saturated rings. The number of hydrogen-bond acceptors (Lipinski definition) is 6. The highest BCUT2D eigenvalue weighted by Gasteiger charge is 2.28. The number of benzene rings is 1. The van der Waals surface area contributed by atoms with Gasteiger partial charge in [0.2, 0.25) is 0 Å². The normalized spacial score (nSPS) is 18.7. The molecule has 7 heteroatoms. The van der Waals surface area contributed by atoms with E-state index in [2.05, 4.69) is 4.98 Å². The zero-order chi connectivity index (χ0) is 14.8. The first-order chi connectivity index (χ1) is 10.2. The first-order valence-corrected chi connectivity index (χ1v) is 7.54. The van der Waals surface area contributed by atoms with Crippen LogP contribution in [0.25, 0.3) is 0 Å². The van der Waals surface area contributed by atoms with Gasteiger partial charge in [-0.25, -0.2) is 4.98 Å². The maximum absolute atomic E-state index is 11.3. The quantitative estimate of drug-likeness (QED) is 0.644. The molecule has 0 spiro atoms. The summed E-state index contributed by atoms with van der Waals surface area (Å²) in [4.78, 5) is 17.3. The zero-order valence-electron chi connectivity index (χ0n) is 11.6. The van der Waals surface area contributed by atoms with Crippen molar-refractivity contribution in [3.8, 4) is 0 Å². The maximum Gasteiger partial charge on any atom is 0.295 e. The Morgan fingerprint density at radius 3 is 3.10 bits per heavy atom. The van der Waals surface area contributed by atoms with Gasteiger partial charge in [0.05, 0.1) is 18.1 Å². The summed E-state index contributed by atoms with van der Waals surface area (Å²) < 4.78 is 5.74. The van der Waals surface area contributed by atoms with Crippen molar-refractivity contribution >= 4 is 22.7 Å². The molecule has 0 N–H and O–H groups in total. The molecule has 110 valence electrons. The van der Waals surface area contributed by atoms with Crippen LogP contribution in [0, 0.1) is 17.0 Å². The van der Waals surface area contributed by atoms with Gasteiger partial charge in [0.1, 0.15) is 16.8 Å². The molecular weight excluding hydrogens is 290 g/mol. The molecule has 1 unspecified atom stereocenters. The van der Waals surface area contributed by atoms with Crippen LogP contribution in [0.15, 0.2) is 29.8 Å². The molecule has 0 aliphatic carbocycles. The van der Waals surface area contributed by atoms with Crippen LogP contribution >= 0.6 is 11.3 Å². The van der Waals surface area contributed by atoms with Gasteiger partial charge >= 0.3 is 0 Å². The third-order valence-corrected chi connectivity index (χ3v) is 4.40. The summed E-state index contributed by atoms with van der Waals surface area (Å²) in [7, 11) is 0. The molecule has 2 heterocycles. The van der Waals surface area contributed by atoms with E-state index in [-0.39, 0.29) is 16.7 Å². The Morgan fingerprint density at radius 1 is 1.52 bits per heavy atom. The maximum atomic E-state index is 11.3. The Labute approximate surface area is 126 Å². The van der Waals surface area contributed by atoms with Crippen molar-refractivity contribution in [2.24, 2.45) is 0 Å². The molecule has 1 aromatic carbocycles. The monoisotopic (exact) mass is 305 g/mol. The van der Waals surface area contributed by atoms with Crippen LogP contribution in [-0.2, 0) is 4.74 Å². The highest BCUT2D eigenvalue weighted by atomic mass is 32.1. The average molecular weight is 305 g/mol. The Balaban J connectivity index is 1.90. The van der Waals surface area contributed by atoms with Crippen molar-refractivity contribution in [2.45, 2.75) is 13.0 Å². The molecule has 0 bridgehead atoms. The van der Waals surface area contributed by atoms with Crippen LogP contribution in [0.1, 0.15) is 16.7 Å². The number of morpholine rings is 1. The molecule has 1 saturated heterocycles. The number of anilines is 1. The summed E-state index contributed by atoms with van der Waals surface area (Å²) in [6.07, 6.45) is 1.62. The van der Waals surface area contributed by atoms with E-state index in [0.29, 0.717) is 30.9 Å². The molecule has 1 aromatic heterocycles. The van der Waals surface area contributed by atoms with Crippen LogP contribution in [0.5, 0.6) is 0 Å². The molecule has 2 aromatic rings. The van der Waals surface area contributed by atoms with E-state index in [1.165, 1.54) is 0 Å². The van der Waals surface area contributed by atoms with E-state index in [1.807, 2.05) is 16.3 Å². The van der Waals surface area contributed by atoms with Crippen molar-refractivity contribution in [3.05, 3.63) is 50.5 Å². The second-order valence-electron chi connectivity index (χ2n) is 4.88. The van der Waals surface area contributed by atoms with Crippen LogP contribution in [0.2, 0.25) is 0 Å². The largest absolute Gasteiger partial charge is 0.367 e. The van der Waals surface area contributed by atoms with Gasteiger partial charge in [0.15, 0.2) is 0 Å². The lowest BCUT2D eigenvalue weighted by Gasteiger charge is -2.33. The van der Waals surface area contributed by atoms with E-state index in [1.54, 1.807) is 36.6 Å². The summed E-state index contributed by atoms with van der Waals surface area (Å²) in [5.74, 6) is 0. The van der Waals surface area contributed by atoms with Crippen LogP contribution < -0.4 is 4.90 Å². The summed E-state index contributed by atoms with van der Waals surface area (Å²) in [6.45, 7) is 3.53. The third kappa shape index (κ3) is 2.74. The highest BCUT2D eigenvalue weighted by molar-refractivity contribution is 7.09. The minimum atomic E-state index is -0.307. The van der Waals surface area contributed by atoms with Crippen LogP contribution in [0.3, 0.4) is 0 Å². The van der Waals surface area contributed by atoms with Gasteiger partial charge in [-0.15, -0.1) is 11.3 Å². The van der Waals surface area contributed by atoms with Gasteiger partial charge in [-0.1, -0.05) is 12.1 Å². The minimum Gasteiger partial charge on any atom is -0.367 e. The number of hydrogen-bond donors (Lipinski definition) is 0. The number of ether oxygens (including phenoxy) is 1. The molecule has 0 saturated carbocycles.